The number of rotatable bonds is 8. The number of ether oxygens (including phenoxy) is 2. The van der Waals surface area contributed by atoms with E-state index in [1.807, 2.05) is 28.9 Å². The van der Waals surface area contributed by atoms with Crippen molar-refractivity contribution in [2.75, 3.05) is 13.2 Å². The monoisotopic (exact) mass is 291 g/mol. The number of aromatic nitrogens is 3. The minimum Gasteiger partial charge on any atom is -0.487 e. The van der Waals surface area contributed by atoms with Crippen molar-refractivity contribution in [1.82, 2.24) is 14.8 Å². The molecule has 1 aromatic carbocycles. The summed E-state index contributed by atoms with van der Waals surface area (Å²) in [5, 5.41) is 13.0. The van der Waals surface area contributed by atoms with Crippen molar-refractivity contribution in [3.8, 4) is 11.5 Å². The molecular formula is C15H21N3O3. The van der Waals surface area contributed by atoms with Gasteiger partial charge in [0, 0.05) is 6.54 Å². The molecular weight excluding hydrogens is 270 g/mol. The van der Waals surface area contributed by atoms with Gasteiger partial charge in [-0.3, -0.25) is 0 Å². The third kappa shape index (κ3) is 4.46. The molecule has 1 aromatic heterocycles. The Labute approximate surface area is 124 Å². The van der Waals surface area contributed by atoms with E-state index >= 15 is 0 Å². The Morgan fingerprint density at radius 2 is 1.90 bits per heavy atom. The molecule has 0 spiro atoms. The highest BCUT2D eigenvalue weighted by atomic mass is 16.5. The highest BCUT2D eigenvalue weighted by molar-refractivity contribution is 5.39. The zero-order valence-electron chi connectivity index (χ0n) is 12.4. The van der Waals surface area contributed by atoms with Gasteiger partial charge in [-0.15, -0.1) is 0 Å². The fraction of sp³-hybridized carbons (Fsp3) is 0.467. The third-order valence-electron chi connectivity index (χ3n) is 2.79. The van der Waals surface area contributed by atoms with Crippen molar-refractivity contribution in [2.45, 2.75) is 27.0 Å². The molecule has 0 fully saturated rings. The van der Waals surface area contributed by atoms with E-state index < -0.39 is 0 Å². The average molecular weight is 291 g/mol. The third-order valence-corrected chi connectivity index (χ3v) is 2.79. The van der Waals surface area contributed by atoms with Crippen LogP contribution < -0.4 is 9.47 Å². The number of para-hydroxylation sites is 2. The lowest BCUT2D eigenvalue weighted by molar-refractivity contribution is 0.191. The van der Waals surface area contributed by atoms with Crippen LogP contribution in [0, 0.1) is 5.92 Å². The Kier molecular flexibility index (Phi) is 5.57. The van der Waals surface area contributed by atoms with Crippen molar-refractivity contribution < 1.29 is 14.6 Å². The van der Waals surface area contributed by atoms with Gasteiger partial charge in [0.05, 0.1) is 6.61 Å². The Hall–Kier alpha value is -2.08. The lowest BCUT2D eigenvalue weighted by Crippen LogP contribution is -2.12. The smallest absolute Gasteiger partial charge is 0.164 e. The molecule has 0 aliphatic rings. The summed E-state index contributed by atoms with van der Waals surface area (Å²) >= 11 is 0. The molecule has 0 aliphatic carbocycles. The van der Waals surface area contributed by atoms with Crippen LogP contribution in [-0.4, -0.2) is 33.1 Å². The van der Waals surface area contributed by atoms with Crippen molar-refractivity contribution in [2.24, 2.45) is 5.92 Å². The minimum absolute atomic E-state index is 0.0307. The van der Waals surface area contributed by atoms with Crippen LogP contribution in [0.1, 0.15) is 19.7 Å². The van der Waals surface area contributed by atoms with E-state index in [9.17, 15) is 0 Å². The predicted octanol–water partition coefficient (Wildman–Crippen LogP) is 1.88. The van der Waals surface area contributed by atoms with E-state index in [0.29, 0.717) is 24.0 Å². The predicted molar refractivity (Wildman–Crippen MR) is 78.2 cm³/mol. The zero-order chi connectivity index (χ0) is 15.1. The molecule has 1 N–H and O–H groups in total. The molecule has 114 valence electrons. The van der Waals surface area contributed by atoms with Gasteiger partial charge < -0.3 is 14.6 Å². The maximum atomic E-state index is 8.83. The van der Waals surface area contributed by atoms with Crippen molar-refractivity contribution >= 4 is 0 Å². The SMILES string of the molecule is CC(C)Cn1ncnc1COc1ccccc1OCCO. The van der Waals surface area contributed by atoms with Crippen LogP contribution in [0.3, 0.4) is 0 Å². The van der Waals surface area contributed by atoms with Gasteiger partial charge in [-0.1, -0.05) is 26.0 Å². The van der Waals surface area contributed by atoms with Crippen LogP contribution in [0.5, 0.6) is 11.5 Å². The molecule has 6 heteroatoms. The van der Waals surface area contributed by atoms with Gasteiger partial charge in [0.2, 0.25) is 0 Å². The molecule has 0 bridgehead atoms. The Bertz CT molecular complexity index is 555. The zero-order valence-corrected chi connectivity index (χ0v) is 12.4. The largest absolute Gasteiger partial charge is 0.487 e. The summed E-state index contributed by atoms with van der Waals surface area (Å²) in [7, 11) is 0. The van der Waals surface area contributed by atoms with E-state index in [-0.39, 0.29) is 13.2 Å². The molecule has 0 saturated heterocycles. The molecule has 6 nitrogen and oxygen atoms in total. The first-order valence-electron chi connectivity index (χ1n) is 7.03. The van der Waals surface area contributed by atoms with Crippen LogP contribution in [0.4, 0.5) is 0 Å². The molecule has 0 unspecified atom stereocenters. The summed E-state index contributed by atoms with van der Waals surface area (Å²) < 4.78 is 13.1. The maximum Gasteiger partial charge on any atom is 0.164 e. The van der Waals surface area contributed by atoms with Gasteiger partial charge in [-0.2, -0.15) is 5.10 Å². The summed E-state index contributed by atoms with van der Waals surface area (Å²) in [6.07, 6.45) is 1.54. The van der Waals surface area contributed by atoms with Crippen LogP contribution in [-0.2, 0) is 13.2 Å². The Morgan fingerprint density at radius 3 is 2.57 bits per heavy atom. The quantitative estimate of drug-likeness (QED) is 0.804. The summed E-state index contributed by atoms with van der Waals surface area (Å²) in [5.74, 6) is 2.51. The van der Waals surface area contributed by atoms with Crippen molar-refractivity contribution in [3.05, 3.63) is 36.4 Å². The minimum atomic E-state index is -0.0307. The first-order chi connectivity index (χ1) is 10.2. The van der Waals surface area contributed by atoms with E-state index in [0.717, 1.165) is 12.4 Å². The van der Waals surface area contributed by atoms with Gasteiger partial charge in [0.1, 0.15) is 19.5 Å². The number of benzene rings is 1. The lowest BCUT2D eigenvalue weighted by Gasteiger charge is -2.13. The topological polar surface area (TPSA) is 69.4 Å². The van der Waals surface area contributed by atoms with Gasteiger partial charge in [0.25, 0.3) is 0 Å². The second-order valence-electron chi connectivity index (χ2n) is 5.06. The fourth-order valence-electron chi connectivity index (χ4n) is 1.88. The molecule has 0 aliphatic heterocycles. The van der Waals surface area contributed by atoms with Gasteiger partial charge in [-0.05, 0) is 18.1 Å². The van der Waals surface area contributed by atoms with E-state index in [1.165, 1.54) is 6.33 Å². The summed E-state index contributed by atoms with van der Waals surface area (Å²) in [6, 6.07) is 7.38. The van der Waals surface area contributed by atoms with Gasteiger partial charge >= 0.3 is 0 Å². The number of nitrogens with zero attached hydrogens (tertiary/aromatic N) is 3. The van der Waals surface area contributed by atoms with Crippen LogP contribution >= 0.6 is 0 Å². The van der Waals surface area contributed by atoms with Crippen LogP contribution in [0.2, 0.25) is 0 Å². The molecule has 0 amide bonds. The van der Waals surface area contributed by atoms with E-state index in [4.69, 9.17) is 14.6 Å². The first-order valence-corrected chi connectivity index (χ1v) is 7.03. The normalized spacial score (nSPS) is 10.9. The molecule has 0 saturated carbocycles. The Morgan fingerprint density at radius 1 is 1.19 bits per heavy atom. The standard InChI is InChI=1S/C15H21N3O3/c1-12(2)9-18-15(16-11-17-18)10-21-14-6-4-3-5-13(14)20-8-7-19/h3-6,11-12,19H,7-10H2,1-2H3. The molecule has 2 rings (SSSR count). The number of aliphatic hydroxyl groups is 1. The molecule has 0 atom stereocenters. The molecule has 21 heavy (non-hydrogen) atoms. The van der Waals surface area contributed by atoms with Crippen LogP contribution in [0.25, 0.3) is 0 Å². The number of hydrogen-bond donors (Lipinski definition) is 1. The van der Waals surface area contributed by atoms with E-state index in [2.05, 4.69) is 23.9 Å². The average Bonchev–Trinajstić information content (AvgIpc) is 2.90. The van der Waals surface area contributed by atoms with Gasteiger partial charge in [-0.25, -0.2) is 9.67 Å². The highest BCUT2D eigenvalue weighted by Gasteiger charge is 2.09. The molecule has 1 heterocycles. The first kappa shape index (κ1) is 15.3. The lowest BCUT2D eigenvalue weighted by atomic mass is 10.2. The van der Waals surface area contributed by atoms with Crippen molar-refractivity contribution in [3.63, 3.8) is 0 Å². The highest BCUT2D eigenvalue weighted by Crippen LogP contribution is 2.27. The van der Waals surface area contributed by atoms with Crippen molar-refractivity contribution in [1.29, 1.82) is 0 Å². The van der Waals surface area contributed by atoms with E-state index in [1.54, 1.807) is 0 Å². The maximum absolute atomic E-state index is 8.83. The summed E-state index contributed by atoms with van der Waals surface area (Å²) in [6.45, 7) is 5.60. The van der Waals surface area contributed by atoms with Crippen LogP contribution in [0.15, 0.2) is 30.6 Å². The second-order valence-corrected chi connectivity index (χ2v) is 5.06. The summed E-state index contributed by atoms with van der Waals surface area (Å²) in [5.41, 5.74) is 0. The Balaban J connectivity index is 2.01. The second kappa shape index (κ2) is 7.64. The number of hydrogen-bond acceptors (Lipinski definition) is 5. The fourth-order valence-corrected chi connectivity index (χ4v) is 1.88. The number of aliphatic hydroxyl groups excluding tert-OH is 1. The molecule has 0 radical (unpaired) electrons. The van der Waals surface area contributed by atoms with Gasteiger partial charge in [0.15, 0.2) is 17.3 Å². The summed E-state index contributed by atoms with van der Waals surface area (Å²) in [4.78, 5) is 4.22. The molecule has 2 aromatic rings.